The van der Waals surface area contributed by atoms with Crippen LogP contribution in [-0.2, 0) is 19.1 Å². The summed E-state index contributed by atoms with van der Waals surface area (Å²) in [4.78, 5) is 24.3. The van der Waals surface area contributed by atoms with E-state index in [0.717, 1.165) is 5.56 Å². The average Bonchev–Trinajstić information content (AvgIpc) is 3.04. The van der Waals surface area contributed by atoms with Crippen molar-refractivity contribution in [2.75, 3.05) is 20.3 Å². The van der Waals surface area contributed by atoms with Gasteiger partial charge in [-0.3, -0.25) is 9.59 Å². The molecule has 4 atom stereocenters. The standard InChI is InChI=1S/C16H18O4/c1-19-14(17)7-11-12-8-20-9-13(12)16(18)15(11)10-5-3-2-4-6-10/h2-6,11-13,15H,7-9H2,1H3. The number of ether oxygens (including phenoxy) is 2. The number of benzene rings is 1. The van der Waals surface area contributed by atoms with Crippen LogP contribution < -0.4 is 0 Å². The Morgan fingerprint density at radius 3 is 2.75 bits per heavy atom. The number of fused-ring (bicyclic) bond motifs is 1. The molecule has 4 heteroatoms. The minimum Gasteiger partial charge on any atom is -0.469 e. The van der Waals surface area contributed by atoms with Crippen molar-refractivity contribution < 1.29 is 19.1 Å². The average molecular weight is 274 g/mol. The topological polar surface area (TPSA) is 52.6 Å². The summed E-state index contributed by atoms with van der Waals surface area (Å²) >= 11 is 0. The van der Waals surface area contributed by atoms with E-state index in [9.17, 15) is 9.59 Å². The van der Waals surface area contributed by atoms with Crippen molar-refractivity contribution in [1.29, 1.82) is 0 Å². The van der Waals surface area contributed by atoms with E-state index in [1.165, 1.54) is 7.11 Å². The fourth-order valence-corrected chi connectivity index (χ4v) is 3.59. The van der Waals surface area contributed by atoms with Crippen molar-refractivity contribution in [1.82, 2.24) is 0 Å². The minimum atomic E-state index is -0.253. The normalized spacial score (nSPS) is 32.1. The Morgan fingerprint density at radius 1 is 1.30 bits per heavy atom. The molecule has 0 aromatic heterocycles. The summed E-state index contributed by atoms with van der Waals surface area (Å²) in [5.41, 5.74) is 1.00. The fourth-order valence-electron chi connectivity index (χ4n) is 3.59. The molecular weight excluding hydrogens is 256 g/mol. The lowest BCUT2D eigenvalue weighted by atomic mass is 9.82. The summed E-state index contributed by atoms with van der Waals surface area (Å²) in [6.45, 7) is 1.06. The lowest BCUT2D eigenvalue weighted by Crippen LogP contribution is -2.22. The molecule has 2 aliphatic rings. The number of hydrogen-bond donors (Lipinski definition) is 0. The second-order valence-electron chi connectivity index (χ2n) is 5.54. The van der Waals surface area contributed by atoms with Crippen molar-refractivity contribution in [2.24, 2.45) is 17.8 Å². The summed E-state index contributed by atoms with van der Waals surface area (Å²) in [5.74, 6) is -0.162. The molecule has 1 aliphatic carbocycles. The molecule has 1 aromatic rings. The van der Waals surface area contributed by atoms with Gasteiger partial charge in [0, 0.05) is 18.3 Å². The third-order valence-electron chi connectivity index (χ3n) is 4.56. The van der Waals surface area contributed by atoms with Gasteiger partial charge in [-0.15, -0.1) is 0 Å². The summed E-state index contributed by atoms with van der Waals surface area (Å²) in [5, 5.41) is 0. The van der Waals surface area contributed by atoms with Crippen molar-refractivity contribution in [3.8, 4) is 0 Å². The third kappa shape index (κ3) is 2.14. The number of rotatable bonds is 3. The molecule has 0 radical (unpaired) electrons. The number of methoxy groups -OCH3 is 1. The molecule has 106 valence electrons. The van der Waals surface area contributed by atoms with Crippen LogP contribution in [0.4, 0.5) is 0 Å². The highest BCUT2D eigenvalue weighted by Crippen LogP contribution is 2.48. The molecule has 1 aliphatic heterocycles. The number of Topliss-reactive ketones (excluding diaryl/α,β-unsaturated/α-hetero) is 1. The molecule has 3 rings (SSSR count). The molecule has 2 fully saturated rings. The molecule has 20 heavy (non-hydrogen) atoms. The van der Waals surface area contributed by atoms with Gasteiger partial charge >= 0.3 is 5.97 Å². The summed E-state index contributed by atoms with van der Waals surface area (Å²) in [7, 11) is 1.39. The van der Waals surface area contributed by atoms with Gasteiger partial charge in [0.1, 0.15) is 5.78 Å². The Kier molecular flexibility index (Phi) is 3.57. The van der Waals surface area contributed by atoms with Crippen LogP contribution in [0, 0.1) is 17.8 Å². The molecule has 1 aromatic carbocycles. The van der Waals surface area contributed by atoms with Crippen LogP contribution in [0.15, 0.2) is 30.3 Å². The molecule has 0 spiro atoms. The Labute approximate surface area is 118 Å². The lowest BCUT2D eigenvalue weighted by molar-refractivity contribution is -0.142. The number of carbonyl (C=O) groups is 2. The molecule has 1 saturated carbocycles. The zero-order chi connectivity index (χ0) is 14.1. The zero-order valence-electron chi connectivity index (χ0n) is 11.5. The quantitative estimate of drug-likeness (QED) is 0.789. The number of ketones is 1. The van der Waals surface area contributed by atoms with Crippen LogP contribution in [-0.4, -0.2) is 32.1 Å². The molecule has 0 amide bonds. The van der Waals surface area contributed by atoms with Crippen molar-refractivity contribution in [2.45, 2.75) is 12.3 Å². The second kappa shape index (κ2) is 5.37. The summed E-state index contributed by atoms with van der Waals surface area (Å²) in [6.07, 6.45) is 0.284. The van der Waals surface area contributed by atoms with Gasteiger partial charge in [0.05, 0.1) is 20.3 Å². The second-order valence-corrected chi connectivity index (χ2v) is 5.54. The highest BCUT2D eigenvalue weighted by molar-refractivity contribution is 5.92. The van der Waals surface area contributed by atoms with Crippen LogP contribution in [0.5, 0.6) is 0 Å². The van der Waals surface area contributed by atoms with Crippen molar-refractivity contribution >= 4 is 11.8 Å². The summed E-state index contributed by atoms with van der Waals surface area (Å²) in [6, 6.07) is 9.73. The molecule has 0 bridgehead atoms. The Morgan fingerprint density at radius 2 is 2.05 bits per heavy atom. The first-order valence-electron chi connectivity index (χ1n) is 6.95. The molecule has 4 nitrogen and oxygen atoms in total. The SMILES string of the molecule is COC(=O)CC1C(c2ccccc2)C(=O)C2COCC21. The van der Waals surface area contributed by atoms with Crippen LogP contribution in [0.1, 0.15) is 17.9 Å². The maximum atomic E-state index is 12.6. The predicted molar refractivity (Wildman–Crippen MR) is 72.1 cm³/mol. The van der Waals surface area contributed by atoms with E-state index >= 15 is 0 Å². The largest absolute Gasteiger partial charge is 0.469 e. The predicted octanol–water partition coefficient (Wildman–Crippen LogP) is 1.79. The van der Waals surface area contributed by atoms with Gasteiger partial charge in [0.25, 0.3) is 0 Å². The van der Waals surface area contributed by atoms with Crippen LogP contribution >= 0.6 is 0 Å². The van der Waals surface area contributed by atoms with Gasteiger partial charge in [-0.1, -0.05) is 30.3 Å². The molecule has 0 N–H and O–H groups in total. The molecule has 1 saturated heterocycles. The number of esters is 1. The lowest BCUT2D eigenvalue weighted by Gasteiger charge is -2.21. The third-order valence-corrected chi connectivity index (χ3v) is 4.56. The first kappa shape index (κ1) is 13.3. The van der Waals surface area contributed by atoms with Crippen molar-refractivity contribution in [3.63, 3.8) is 0 Å². The molecule has 4 unspecified atom stereocenters. The van der Waals surface area contributed by atoms with Gasteiger partial charge in [0.15, 0.2) is 0 Å². The molecule has 1 heterocycles. The van der Waals surface area contributed by atoms with Crippen LogP contribution in [0.25, 0.3) is 0 Å². The first-order chi connectivity index (χ1) is 9.72. The van der Waals surface area contributed by atoms with Gasteiger partial charge < -0.3 is 9.47 Å². The Balaban J connectivity index is 1.93. The van der Waals surface area contributed by atoms with Crippen molar-refractivity contribution in [3.05, 3.63) is 35.9 Å². The van der Waals surface area contributed by atoms with Gasteiger partial charge in [0.2, 0.25) is 0 Å². The van der Waals surface area contributed by atoms with Gasteiger partial charge in [-0.2, -0.15) is 0 Å². The maximum absolute atomic E-state index is 12.6. The van der Waals surface area contributed by atoms with Crippen LogP contribution in [0.3, 0.4) is 0 Å². The van der Waals surface area contributed by atoms with E-state index < -0.39 is 0 Å². The zero-order valence-corrected chi connectivity index (χ0v) is 11.5. The number of carbonyl (C=O) groups excluding carboxylic acids is 2. The van der Waals surface area contributed by atoms with E-state index in [-0.39, 0.29) is 41.8 Å². The monoisotopic (exact) mass is 274 g/mol. The Bertz CT molecular complexity index is 510. The van der Waals surface area contributed by atoms with Gasteiger partial charge in [-0.05, 0) is 17.4 Å². The van der Waals surface area contributed by atoms with Gasteiger partial charge in [-0.25, -0.2) is 0 Å². The first-order valence-corrected chi connectivity index (χ1v) is 6.95. The number of hydrogen-bond acceptors (Lipinski definition) is 4. The van der Waals surface area contributed by atoms with E-state index in [4.69, 9.17) is 9.47 Å². The summed E-state index contributed by atoms with van der Waals surface area (Å²) < 4.78 is 10.2. The fraction of sp³-hybridized carbons (Fsp3) is 0.500. The maximum Gasteiger partial charge on any atom is 0.305 e. The highest BCUT2D eigenvalue weighted by Gasteiger charge is 2.53. The van der Waals surface area contributed by atoms with E-state index in [1.807, 2.05) is 30.3 Å². The Hall–Kier alpha value is -1.68. The smallest absolute Gasteiger partial charge is 0.305 e. The van der Waals surface area contributed by atoms with E-state index in [1.54, 1.807) is 0 Å². The van der Waals surface area contributed by atoms with E-state index in [0.29, 0.717) is 13.2 Å². The van der Waals surface area contributed by atoms with E-state index in [2.05, 4.69) is 0 Å². The van der Waals surface area contributed by atoms with Crippen LogP contribution in [0.2, 0.25) is 0 Å². The molecular formula is C16H18O4. The minimum absolute atomic E-state index is 0.00940. The highest BCUT2D eigenvalue weighted by atomic mass is 16.5.